The van der Waals surface area contributed by atoms with Crippen molar-refractivity contribution in [1.29, 1.82) is 0 Å². The Balaban J connectivity index is 1.75. The molecular weight excluding hydrogens is 334 g/mol. The SMILES string of the molecule is Cc1cc(SC(C)(C)C)ccc1NC(=O)C1C2C=CC(C2)C1C(=O)O. The molecule has 0 heterocycles. The number of fused-ring (bicyclic) bond motifs is 2. The molecule has 4 nitrogen and oxygen atoms in total. The number of carbonyl (C=O) groups excluding carboxylic acids is 1. The summed E-state index contributed by atoms with van der Waals surface area (Å²) in [5.41, 5.74) is 1.76. The van der Waals surface area contributed by atoms with Crippen molar-refractivity contribution in [1.82, 2.24) is 0 Å². The van der Waals surface area contributed by atoms with E-state index in [0.717, 1.165) is 22.6 Å². The molecule has 0 aliphatic heterocycles. The summed E-state index contributed by atoms with van der Waals surface area (Å²) in [6.45, 7) is 8.46. The Hall–Kier alpha value is -1.75. The van der Waals surface area contributed by atoms with Crippen molar-refractivity contribution in [3.63, 3.8) is 0 Å². The average molecular weight is 359 g/mol. The highest BCUT2D eigenvalue weighted by molar-refractivity contribution is 8.00. The molecule has 2 N–H and O–H groups in total. The zero-order valence-electron chi connectivity index (χ0n) is 15.1. The fourth-order valence-corrected chi connectivity index (χ4v) is 5.00. The summed E-state index contributed by atoms with van der Waals surface area (Å²) in [5, 5.41) is 12.5. The number of thioether (sulfide) groups is 1. The molecule has 0 aromatic heterocycles. The lowest BCUT2D eigenvalue weighted by Gasteiger charge is -2.24. The molecule has 0 saturated heterocycles. The van der Waals surface area contributed by atoms with E-state index in [4.69, 9.17) is 0 Å². The van der Waals surface area contributed by atoms with E-state index in [1.54, 1.807) is 11.8 Å². The van der Waals surface area contributed by atoms with Gasteiger partial charge in [0.25, 0.3) is 0 Å². The van der Waals surface area contributed by atoms with Gasteiger partial charge in [-0.15, -0.1) is 11.8 Å². The molecule has 4 atom stereocenters. The second kappa shape index (κ2) is 6.52. The van der Waals surface area contributed by atoms with Gasteiger partial charge in [0.05, 0.1) is 11.8 Å². The third kappa shape index (κ3) is 3.76. The van der Waals surface area contributed by atoms with Gasteiger partial charge in [-0.1, -0.05) is 32.9 Å². The van der Waals surface area contributed by atoms with E-state index in [2.05, 4.69) is 32.2 Å². The number of amides is 1. The van der Waals surface area contributed by atoms with Crippen LogP contribution in [0.1, 0.15) is 32.8 Å². The Morgan fingerprint density at radius 2 is 1.80 bits per heavy atom. The Bertz CT molecular complexity index is 735. The van der Waals surface area contributed by atoms with Crippen LogP contribution in [-0.4, -0.2) is 21.7 Å². The van der Waals surface area contributed by atoms with Crippen molar-refractivity contribution in [3.05, 3.63) is 35.9 Å². The fraction of sp³-hybridized carbons (Fsp3) is 0.500. The van der Waals surface area contributed by atoms with E-state index in [0.29, 0.717) is 0 Å². The molecule has 134 valence electrons. The molecule has 5 heteroatoms. The minimum absolute atomic E-state index is 0.00934. The standard InChI is InChI=1S/C20H25NO3S/c1-11-9-14(25-20(2,3)4)7-8-15(11)21-18(22)16-12-5-6-13(10-12)17(16)19(23)24/h5-9,12-13,16-17H,10H2,1-4H3,(H,21,22)(H,23,24). The number of carbonyl (C=O) groups is 2. The lowest BCUT2D eigenvalue weighted by molar-refractivity contribution is -0.146. The lowest BCUT2D eigenvalue weighted by Crippen LogP contribution is -2.36. The molecule has 1 saturated carbocycles. The molecule has 3 rings (SSSR count). The van der Waals surface area contributed by atoms with Crippen LogP contribution in [0.5, 0.6) is 0 Å². The predicted octanol–water partition coefficient (Wildman–Crippen LogP) is 4.35. The summed E-state index contributed by atoms with van der Waals surface area (Å²) in [6.07, 6.45) is 4.73. The van der Waals surface area contributed by atoms with Gasteiger partial charge in [-0.3, -0.25) is 9.59 Å². The van der Waals surface area contributed by atoms with Gasteiger partial charge >= 0.3 is 5.97 Å². The van der Waals surface area contributed by atoms with Gasteiger partial charge in [0.2, 0.25) is 5.91 Å². The molecular formula is C20H25NO3S. The van der Waals surface area contributed by atoms with Crippen molar-refractivity contribution in [2.75, 3.05) is 5.32 Å². The summed E-state index contributed by atoms with van der Waals surface area (Å²) >= 11 is 1.78. The monoisotopic (exact) mass is 359 g/mol. The van der Waals surface area contributed by atoms with Crippen molar-refractivity contribution in [3.8, 4) is 0 Å². The van der Waals surface area contributed by atoms with E-state index in [-0.39, 0.29) is 22.5 Å². The molecule has 2 aliphatic rings. The van der Waals surface area contributed by atoms with Crippen molar-refractivity contribution in [2.45, 2.75) is 43.8 Å². The molecule has 0 radical (unpaired) electrons. The highest BCUT2D eigenvalue weighted by Gasteiger charge is 2.51. The number of aryl methyl sites for hydroxylation is 1. The van der Waals surface area contributed by atoms with Crippen molar-refractivity contribution in [2.24, 2.45) is 23.7 Å². The molecule has 0 spiro atoms. The summed E-state index contributed by atoms with van der Waals surface area (Å²) < 4.78 is 0.126. The van der Waals surface area contributed by atoms with Crippen LogP contribution in [0.4, 0.5) is 5.69 Å². The molecule has 2 aliphatic carbocycles. The number of benzene rings is 1. The fourth-order valence-electron chi connectivity index (χ4n) is 3.93. The Kier molecular flexibility index (Phi) is 4.71. The van der Waals surface area contributed by atoms with Gasteiger partial charge in [0.15, 0.2) is 0 Å². The second-order valence-electron chi connectivity index (χ2n) is 8.02. The van der Waals surface area contributed by atoms with Gasteiger partial charge < -0.3 is 10.4 Å². The first kappa shape index (κ1) is 18.1. The van der Waals surface area contributed by atoms with Gasteiger partial charge in [0, 0.05) is 15.3 Å². The number of carboxylic acids is 1. The summed E-state index contributed by atoms with van der Waals surface area (Å²) in [7, 11) is 0. The number of carboxylic acid groups (broad SMARTS) is 1. The van der Waals surface area contributed by atoms with Crippen LogP contribution >= 0.6 is 11.8 Å². The van der Waals surface area contributed by atoms with E-state index in [9.17, 15) is 14.7 Å². The van der Waals surface area contributed by atoms with Crippen LogP contribution in [0.2, 0.25) is 0 Å². The quantitative estimate of drug-likeness (QED) is 0.620. The average Bonchev–Trinajstić information content (AvgIpc) is 3.08. The minimum atomic E-state index is -0.870. The van der Waals surface area contributed by atoms with Crippen LogP contribution in [0.3, 0.4) is 0 Å². The Morgan fingerprint density at radius 1 is 1.16 bits per heavy atom. The lowest BCUT2D eigenvalue weighted by atomic mass is 9.82. The number of hydrogen-bond donors (Lipinski definition) is 2. The molecule has 4 unspecified atom stereocenters. The number of aliphatic carboxylic acids is 1. The van der Waals surface area contributed by atoms with Crippen LogP contribution < -0.4 is 5.32 Å². The topological polar surface area (TPSA) is 66.4 Å². The molecule has 1 aromatic carbocycles. The van der Waals surface area contributed by atoms with Crippen molar-refractivity contribution >= 4 is 29.3 Å². The summed E-state index contributed by atoms with van der Waals surface area (Å²) in [4.78, 5) is 25.5. The zero-order chi connectivity index (χ0) is 18.4. The van der Waals surface area contributed by atoms with Gasteiger partial charge in [-0.2, -0.15) is 0 Å². The zero-order valence-corrected chi connectivity index (χ0v) is 15.9. The van der Waals surface area contributed by atoms with Crippen LogP contribution in [0.25, 0.3) is 0 Å². The van der Waals surface area contributed by atoms with Gasteiger partial charge in [-0.05, 0) is 48.9 Å². The number of nitrogens with one attached hydrogen (secondary N) is 1. The Morgan fingerprint density at radius 3 is 2.36 bits per heavy atom. The highest BCUT2D eigenvalue weighted by atomic mass is 32.2. The third-order valence-corrected chi connectivity index (χ3v) is 6.03. The normalized spacial score (nSPS) is 27.5. The van der Waals surface area contributed by atoms with Crippen molar-refractivity contribution < 1.29 is 14.7 Å². The largest absolute Gasteiger partial charge is 0.481 e. The molecule has 1 fully saturated rings. The summed E-state index contributed by atoms with van der Waals surface area (Å²) in [5.74, 6) is -2.09. The molecule has 1 aromatic rings. The van der Waals surface area contributed by atoms with Crippen LogP contribution in [-0.2, 0) is 9.59 Å². The van der Waals surface area contributed by atoms with E-state index in [1.807, 2.05) is 31.2 Å². The van der Waals surface area contributed by atoms with Crippen LogP contribution in [0.15, 0.2) is 35.2 Å². The predicted molar refractivity (Wildman–Crippen MR) is 101 cm³/mol. The maximum absolute atomic E-state index is 12.8. The first-order valence-electron chi connectivity index (χ1n) is 8.67. The minimum Gasteiger partial charge on any atom is -0.481 e. The van der Waals surface area contributed by atoms with Crippen LogP contribution in [0, 0.1) is 30.6 Å². The second-order valence-corrected chi connectivity index (χ2v) is 9.92. The maximum atomic E-state index is 12.8. The highest BCUT2D eigenvalue weighted by Crippen LogP contribution is 2.48. The first-order chi connectivity index (χ1) is 11.7. The number of rotatable bonds is 4. The van der Waals surface area contributed by atoms with E-state index >= 15 is 0 Å². The first-order valence-corrected chi connectivity index (χ1v) is 9.49. The number of anilines is 1. The van der Waals surface area contributed by atoms with E-state index in [1.165, 1.54) is 0 Å². The number of hydrogen-bond acceptors (Lipinski definition) is 3. The van der Waals surface area contributed by atoms with Gasteiger partial charge in [0.1, 0.15) is 0 Å². The maximum Gasteiger partial charge on any atom is 0.307 e. The molecule has 25 heavy (non-hydrogen) atoms. The van der Waals surface area contributed by atoms with E-state index < -0.39 is 17.8 Å². The smallest absolute Gasteiger partial charge is 0.307 e. The third-order valence-electron chi connectivity index (χ3n) is 4.93. The van der Waals surface area contributed by atoms with Gasteiger partial charge in [-0.25, -0.2) is 0 Å². The number of allylic oxidation sites excluding steroid dienone is 2. The molecule has 2 bridgehead atoms. The summed E-state index contributed by atoms with van der Waals surface area (Å²) in [6, 6.07) is 5.99. The Labute approximate surface area is 153 Å². The molecule has 1 amide bonds.